The van der Waals surface area contributed by atoms with Gasteiger partial charge in [-0.2, -0.15) is 0 Å². The Hall–Kier alpha value is -1.31. The van der Waals surface area contributed by atoms with Crippen LogP contribution in [0, 0.1) is 11.3 Å². The largest absolute Gasteiger partial charge is 0.356 e. The molecule has 0 aromatic heterocycles. The molecule has 1 aliphatic heterocycles. The Bertz CT molecular complexity index is 625. The number of aliphatic imine (C=N–C) groups is 1. The molecule has 2 aliphatic rings. The zero-order chi connectivity index (χ0) is 19.9. The van der Waals surface area contributed by atoms with Gasteiger partial charge in [-0.15, -0.1) is 0 Å². The van der Waals surface area contributed by atoms with Crippen LogP contribution >= 0.6 is 0 Å². The first-order chi connectivity index (χ1) is 12.7. The average molecular weight is 401 g/mol. The zero-order valence-corrected chi connectivity index (χ0v) is 17.8. The minimum atomic E-state index is -2.97. The van der Waals surface area contributed by atoms with Gasteiger partial charge in [-0.1, -0.05) is 26.7 Å². The van der Waals surface area contributed by atoms with Crippen LogP contribution in [0.2, 0.25) is 0 Å². The molecule has 1 aliphatic carbocycles. The molecular weight excluding hydrogens is 364 g/mol. The molecule has 0 aromatic carbocycles. The molecular formula is C19H36N4O3S. The summed E-state index contributed by atoms with van der Waals surface area (Å²) in [5, 5.41) is 9.45. The van der Waals surface area contributed by atoms with Crippen molar-refractivity contribution in [3.05, 3.63) is 0 Å². The smallest absolute Gasteiger partial charge is 0.222 e. The SMILES string of the molecule is CN=C(NCCC(=O)NC1CCS(=O)(=O)C1)NCC1(CC(C)C)CCCC1. The van der Waals surface area contributed by atoms with Crippen LogP contribution in [0.3, 0.4) is 0 Å². The Morgan fingerprint density at radius 1 is 1.22 bits per heavy atom. The molecule has 1 saturated carbocycles. The van der Waals surface area contributed by atoms with Crippen LogP contribution in [0.1, 0.15) is 58.8 Å². The number of sulfone groups is 1. The number of carbonyl (C=O) groups excluding carboxylic acids is 1. The maximum Gasteiger partial charge on any atom is 0.222 e. The van der Waals surface area contributed by atoms with Gasteiger partial charge in [-0.3, -0.25) is 9.79 Å². The highest BCUT2D eigenvalue weighted by molar-refractivity contribution is 7.91. The summed E-state index contributed by atoms with van der Waals surface area (Å²) in [7, 11) is -1.23. The molecule has 0 bridgehead atoms. The van der Waals surface area contributed by atoms with Crippen LogP contribution in [0.15, 0.2) is 4.99 Å². The molecule has 1 heterocycles. The number of amides is 1. The van der Waals surface area contributed by atoms with Gasteiger partial charge in [0.05, 0.1) is 11.5 Å². The Labute approximate surface area is 164 Å². The van der Waals surface area contributed by atoms with E-state index < -0.39 is 9.84 Å². The minimum Gasteiger partial charge on any atom is -0.356 e. The third-order valence-corrected chi connectivity index (χ3v) is 7.37. The minimum absolute atomic E-state index is 0.0628. The lowest BCUT2D eigenvalue weighted by atomic mass is 9.78. The van der Waals surface area contributed by atoms with Gasteiger partial charge in [0.25, 0.3) is 0 Å². The van der Waals surface area contributed by atoms with E-state index in [1.165, 1.54) is 32.1 Å². The first-order valence-corrected chi connectivity index (χ1v) is 12.0. The molecule has 1 atom stereocenters. The number of guanidine groups is 1. The summed E-state index contributed by atoms with van der Waals surface area (Å²) >= 11 is 0. The summed E-state index contributed by atoms with van der Waals surface area (Å²) in [5.74, 6) is 1.52. The highest BCUT2D eigenvalue weighted by atomic mass is 32.2. The zero-order valence-electron chi connectivity index (χ0n) is 17.0. The van der Waals surface area contributed by atoms with Crippen molar-refractivity contribution < 1.29 is 13.2 Å². The van der Waals surface area contributed by atoms with E-state index in [2.05, 4.69) is 34.8 Å². The lowest BCUT2D eigenvalue weighted by molar-refractivity contribution is -0.121. The summed E-state index contributed by atoms with van der Waals surface area (Å²) in [4.78, 5) is 16.3. The van der Waals surface area contributed by atoms with Gasteiger partial charge in [0, 0.05) is 32.6 Å². The monoisotopic (exact) mass is 400 g/mol. The Balaban J connectivity index is 1.70. The van der Waals surface area contributed by atoms with E-state index in [-0.39, 0.29) is 23.5 Å². The van der Waals surface area contributed by atoms with Crippen molar-refractivity contribution in [2.45, 2.75) is 64.8 Å². The molecule has 156 valence electrons. The van der Waals surface area contributed by atoms with Gasteiger partial charge in [0.15, 0.2) is 15.8 Å². The Kier molecular flexibility index (Phi) is 7.94. The molecule has 2 fully saturated rings. The summed E-state index contributed by atoms with van der Waals surface area (Å²) in [6, 6.07) is -0.238. The van der Waals surface area contributed by atoms with Gasteiger partial charge in [-0.25, -0.2) is 8.42 Å². The van der Waals surface area contributed by atoms with E-state index in [0.717, 1.165) is 12.5 Å². The van der Waals surface area contributed by atoms with Crippen LogP contribution < -0.4 is 16.0 Å². The van der Waals surface area contributed by atoms with Gasteiger partial charge >= 0.3 is 0 Å². The van der Waals surface area contributed by atoms with Gasteiger partial charge in [0.2, 0.25) is 5.91 Å². The fourth-order valence-electron chi connectivity index (χ4n) is 4.44. The lowest BCUT2D eigenvalue weighted by Crippen LogP contribution is -2.44. The molecule has 0 spiro atoms. The molecule has 2 rings (SSSR count). The maximum atomic E-state index is 12.0. The van der Waals surface area contributed by atoms with Crippen LogP contribution in [0.25, 0.3) is 0 Å². The van der Waals surface area contributed by atoms with Crippen LogP contribution in [-0.4, -0.2) is 58.0 Å². The molecule has 3 N–H and O–H groups in total. The molecule has 7 nitrogen and oxygen atoms in total. The van der Waals surface area contributed by atoms with Crippen molar-refractivity contribution in [2.75, 3.05) is 31.6 Å². The van der Waals surface area contributed by atoms with Crippen molar-refractivity contribution in [3.63, 3.8) is 0 Å². The number of rotatable bonds is 8. The Morgan fingerprint density at radius 2 is 1.93 bits per heavy atom. The van der Waals surface area contributed by atoms with Crippen molar-refractivity contribution in [1.82, 2.24) is 16.0 Å². The highest BCUT2D eigenvalue weighted by Gasteiger charge is 2.34. The summed E-state index contributed by atoms with van der Waals surface area (Å²) in [6.07, 6.45) is 7.18. The second-order valence-electron chi connectivity index (χ2n) is 8.58. The fraction of sp³-hybridized carbons (Fsp3) is 0.895. The lowest BCUT2D eigenvalue weighted by Gasteiger charge is -2.31. The van der Waals surface area contributed by atoms with Crippen molar-refractivity contribution in [2.24, 2.45) is 16.3 Å². The number of nitrogens with one attached hydrogen (secondary N) is 3. The van der Waals surface area contributed by atoms with Crippen molar-refractivity contribution in [3.8, 4) is 0 Å². The Morgan fingerprint density at radius 3 is 2.48 bits per heavy atom. The molecule has 8 heteroatoms. The molecule has 27 heavy (non-hydrogen) atoms. The van der Waals surface area contributed by atoms with Crippen LogP contribution in [-0.2, 0) is 14.6 Å². The predicted molar refractivity (Wildman–Crippen MR) is 110 cm³/mol. The first-order valence-electron chi connectivity index (χ1n) is 10.2. The molecule has 0 radical (unpaired) electrons. The number of carbonyl (C=O) groups is 1. The third kappa shape index (κ3) is 7.31. The van der Waals surface area contributed by atoms with E-state index in [9.17, 15) is 13.2 Å². The second-order valence-corrected chi connectivity index (χ2v) is 10.8. The summed E-state index contributed by atoms with van der Waals surface area (Å²) in [6.45, 7) is 5.95. The van der Waals surface area contributed by atoms with Crippen molar-refractivity contribution in [1.29, 1.82) is 0 Å². The highest BCUT2D eigenvalue weighted by Crippen LogP contribution is 2.42. The van der Waals surface area contributed by atoms with E-state index >= 15 is 0 Å². The quantitative estimate of drug-likeness (QED) is 0.423. The van der Waals surface area contributed by atoms with E-state index in [4.69, 9.17) is 0 Å². The molecule has 0 aromatic rings. The van der Waals surface area contributed by atoms with E-state index in [1.807, 2.05) is 0 Å². The summed E-state index contributed by atoms with van der Waals surface area (Å²) in [5.41, 5.74) is 0.358. The number of hydrogen-bond acceptors (Lipinski definition) is 4. The normalized spacial score (nSPS) is 24.1. The van der Waals surface area contributed by atoms with E-state index in [1.54, 1.807) is 7.05 Å². The first kappa shape index (κ1) is 22.0. The number of nitrogens with zero attached hydrogens (tertiary/aromatic N) is 1. The average Bonchev–Trinajstić information content (AvgIpc) is 3.16. The fourth-order valence-corrected chi connectivity index (χ4v) is 6.11. The standard InChI is InChI=1S/C19H36N4O3S/c1-15(2)12-19(8-4-5-9-19)14-22-18(20-3)21-10-6-17(24)23-16-7-11-27(25,26)13-16/h15-16H,4-14H2,1-3H3,(H,23,24)(H2,20,21,22). The van der Waals surface area contributed by atoms with Gasteiger partial charge < -0.3 is 16.0 Å². The van der Waals surface area contributed by atoms with Gasteiger partial charge in [0.1, 0.15) is 0 Å². The summed E-state index contributed by atoms with van der Waals surface area (Å²) < 4.78 is 22.9. The van der Waals surface area contributed by atoms with Gasteiger partial charge in [-0.05, 0) is 37.0 Å². The molecule has 1 unspecified atom stereocenters. The van der Waals surface area contributed by atoms with Crippen molar-refractivity contribution >= 4 is 21.7 Å². The van der Waals surface area contributed by atoms with Crippen LogP contribution in [0.5, 0.6) is 0 Å². The molecule has 1 amide bonds. The predicted octanol–water partition coefficient (Wildman–Crippen LogP) is 1.45. The maximum absolute atomic E-state index is 12.0. The molecule has 1 saturated heterocycles. The number of hydrogen-bond donors (Lipinski definition) is 3. The second kappa shape index (κ2) is 9.75. The van der Waals surface area contributed by atoms with E-state index in [0.29, 0.717) is 30.7 Å². The van der Waals surface area contributed by atoms with Crippen LogP contribution in [0.4, 0.5) is 0 Å². The topological polar surface area (TPSA) is 99.7 Å². The third-order valence-electron chi connectivity index (χ3n) is 5.60.